The minimum absolute atomic E-state index is 0.157. The highest BCUT2D eigenvalue weighted by atomic mass is 19.3. The highest BCUT2D eigenvalue weighted by Gasteiger charge is 2.21. The Bertz CT molecular complexity index is 1020. The van der Waals surface area contributed by atoms with E-state index in [1.807, 2.05) is 18.3 Å². The third-order valence-corrected chi connectivity index (χ3v) is 3.57. The van der Waals surface area contributed by atoms with E-state index in [0.717, 1.165) is 29.1 Å². The third kappa shape index (κ3) is 2.64. The number of alkyl halides is 2. The van der Waals surface area contributed by atoms with Crippen LogP contribution in [0.3, 0.4) is 0 Å². The maximum absolute atomic E-state index is 12.9. The number of anilines is 1. The summed E-state index contributed by atoms with van der Waals surface area (Å²) in [4.78, 5) is 15.5. The highest BCUT2D eigenvalue weighted by Crippen LogP contribution is 2.27. The van der Waals surface area contributed by atoms with Crippen molar-refractivity contribution >= 4 is 22.6 Å². The lowest BCUT2D eigenvalue weighted by Crippen LogP contribution is -2.23. The smallest absolute Gasteiger partial charge is 0.262 e. The monoisotopic (exact) mass is 329 g/mol. The number of halogens is 2. The van der Waals surface area contributed by atoms with Crippen molar-refractivity contribution in [2.45, 2.75) is 12.8 Å². The average Bonchev–Trinajstić information content (AvgIpc) is 3.17. The summed E-state index contributed by atoms with van der Waals surface area (Å²) in [5.74, 6) is -2.67. The first-order chi connectivity index (χ1) is 11.5. The van der Waals surface area contributed by atoms with Gasteiger partial charge in [0.25, 0.3) is 5.92 Å². The van der Waals surface area contributed by atoms with Crippen molar-refractivity contribution in [3.05, 3.63) is 37.1 Å². The van der Waals surface area contributed by atoms with E-state index in [9.17, 15) is 8.78 Å². The number of fused-ring (bicyclic) bond motifs is 2. The van der Waals surface area contributed by atoms with E-state index >= 15 is 0 Å². The van der Waals surface area contributed by atoms with Crippen LogP contribution in [0.1, 0.15) is 6.92 Å². The van der Waals surface area contributed by atoms with Crippen LogP contribution >= 0.6 is 0 Å². The molecule has 2 N–H and O–H groups in total. The molecule has 0 amide bonds. The lowest BCUT2D eigenvalue weighted by molar-refractivity contribution is 0.0366. The molecule has 9 heteroatoms. The molecule has 0 atom stereocenters. The largest absolute Gasteiger partial charge is 0.348 e. The van der Waals surface area contributed by atoms with Gasteiger partial charge in [0, 0.05) is 42.0 Å². The summed E-state index contributed by atoms with van der Waals surface area (Å²) in [5, 5.41) is 7.44. The molecule has 0 bridgehead atoms. The number of H-pyrrole nitrogens is 1. The van der Waals surface area contributed by atoms with E-state index in [4.69, 9.17) is 0 Å². The summed E-state index contributed by atoms with van der Waals surface area (Å²) >= 11 is 0. The van der Waals surface area contributed by atoms with Gasteiger partial charge in [-0.15, -0.1) is 0 Å². The molecule has 0 aliphatic heterocycles. The fourth-order valence-electron chi connectivity index (χ4n) is 2.44. The van der Waals surface area contributed by atoms with E-state index in [1.54, 1.807) is 16.9 Å². The molecular formula is C15H13F2N7. The van der Waals surface area contributed by atoms with Crippen LogP contribution in [0.4, 0.5) is 14.7 Å². The van der Waals surface area contributed by atoms with Crippen LogP contribution in [-0.4, -0.2) is 42.0 Å². The Morgan fingerprint density at radius 3 is 3.00 bits per heavy atom. The first kappa shape index (κ1) is 14.5. The van der Waals surface area contributed by atoms with Gasteiger partial charge in [-0.05, 0) is 12.1 Å². The first-order valence-corrected chi connectivity index (χ1v) is 7.25. The topological polar surface area (TPSA) is 83.8 Å². The lowest BCUT2D eigenvalue weighted by atomic mass is 10.1. The molecular weight excluding hydrogens is 316 g/mol. The van der Waals surface area contributed by atoms with Gasteiger partial charge in [-0.2, -0.15) is 10.1 Å². The van der Waals surface area contributed by atoms with Crippen LogP contribution in [0.15, 0.2) is 37.1 Å². The van der Waals surface area contributed by atoms with Crippen LogP contribution in [-0.2, 0) is 0 Å². The molecule has 4 aromatic heterocycles. The molecule has 24 heavy (non-hydrogen) atoms. The van der Waals surface area contributed by atoms with Gasteiger partial charge in [-0.1, -0.05) is 0 Å². The van der Waals surface area contributed by atoms with Crippen LogP contribution in [0, 0.1) is 0 Å². The standard InChI is InChI=1S/C15H13F2N7/c1-15(16,17)7-20-14-19-5-11-10(4-18-13(11)23-14)9-2-3-12-21-8-22-24(12)6-9/h2-6,8H,7H2,1H3,(H2,18,19,20,23). The van der Waals surface area contributed by atoms with Crippen molar-refractivity contribution in [2.24, 2.45) is 0 Å². The van der Waals surface area contributed by atoms with Crippen molar-refractivity contribution < 1.29 is 8.78 Å². The molecule has 0 aromatic carbocycles. The summed E-state index contributed by atoms with van der Waals surface area (Å²) in [7, 11) is 0. The fourth-order valence-corrected chi connectivity index (χ4v) is 2.44. The van der Waals surface area contributed by atoms with Crippen LogP contribution in [0.25, 0.3) is 27.8 Å². The first-order valence-electron chi connectivity index (χ1n) is 7.25. The van der Waals surface area contributed by atoms with Gasteiger partial charge in [0.05, 0.1) is 6.54 Å². The molecule has 4 heterocycles. The van der Waals surface area contributed by atoms with Gasteiger partial charge < -0.3 is 10.3 Å². The van der Waals surface area contributed by atoms with Crippen LogP contribution in [0.2, 0.25) is 0 Å². The number of aromatic amines is 1. The second-order valence-corrected chi connectivity index (χ2v) is 5.56. The predicted molar refractivity (Wildman–Crippen MR) is 85.0 cm³/mol. The average molecular weight is 329 g/mol. The Morgan fingerprint density at radius 2 is 2.17 bits per heavy atom. The van der Waals surface area contributed by atoms with E-state index in [-0.39, 0.29) is 5.95 Å². The van der Waals surface area contributed by atoms with E-state index in [2.05, 4.69) is 30.4 Å². The molecule has 7 nitrogen and oxygen atoms in total. The highest BCUT2D eigenvalue weighted by molar-refractivity contribution is 5.93. The molecule has 122 valence electrons. The summed E-state index contributed by atoms with van der Waals surface area (Å²) < 4.78 is 27.5. The predicted octanol–water partition coefficient (Wildman–Crippen LogP) is 2.73. The maximum Gasteiger partial charge on any atom is 0.262 e. The molecule has 0 aliphatic carbocycles. The summed E-state index contributed by atoms with van der Waals surface area (Å²) in [5.41, 5.74) is 3.14. The number of nitrogens with zero attached hydrogens (tertiary/aromatic N) is 5. The molecule has 0 unspecified atom stereocenters. The minimum Gasteiger partial charge on any atom is -0.348 e. The SMILES string of the molecule is CC(F)(F)CNc1ncc2c(-c3ccc4ncnn4c3)c[nH]c2n1. The third-order valence-electron chi connectivity index (χ3n) is 3.57. The molecule has 0 aliphatic rings. The molecule has 4 rings (SSSR count). The summed E-state index contributed by atoms with van der Waals surface area (Å²) in [6, 6.07) is 3.79. The Labute approximate surface area is 134 Å². The molecule has 0 saturated heterocycles. The van der Waals surface area contributed by atoms with Gasteiger partial charge in [0.2, 0.25) is 5.95 Å². The van der Waals surface area contributed by atoms with E-state index < -0.39 is 12.5 Å². The Kier molecular flexibility index (Phi) is 3.15. The van der Waals surface area contributed by atoms with Crippen molar-refractivity contribution in [3.63, 3.8) is 0 Å². The lowest BCUT2D eigenvalue weighted by Gasteiger charge is -2.10. The summed E-state index contributed by atoms with van der Waals surface area (Å²) in [6.45, 7) is 0.320. The molecule has 4 aromatic rings. The zero-order valence-electron chi connectivity index (χ0n) is 12.7. The molecule has 0 fully saturated rings. The number of pyridine rings is 1. The number of rotatable bonds is 4. The minimum atomic E-state index is -2.83. The quantitative estimate of drug-likeness (QED) is 0.601. The van der Waals surface area contributed by atoms with Crippen molar-refractivity contribution in [2.75, 3.05) is 11.9 Å². The van der Waals surface area contributed by atoms with Crippen molar-refractivity contribution in [1.82, 2.24) is 29.5 Å². The number of hydrogen-bond donors (Lipinski definition) is 2. The second kappa shape index (κ2) is 5.22. The van der Waals surface area contributed by atoms with Gasteiger partial charge in [-0.25, -0.2) is 23.3 Å². The van der Waals surface area contributed by atoms with Crippen LogP contribution in [0.5, 0.6) is 0 Å². The zero-order chi connectivity index (χ0) is 16.7. The van der Waals surface area contributed by atoms with Gasteiger partial charge in [0.1, 0.15) is 12.0 Å². The molecule has 0 radical (unpaired) electrons. The maximum atomic E-state index is 12.9. The normalized spacial score (nSPS) is 12.1. The van der Waals surface area contributed by atoms with E-state index in [0.29, 0.717) is 5.65 Å². The van der Waals surface area contributed by atoms with E-state index in [1.165, 1.54) is 6.33 Å². The van der Waals surface area contributed by atoms with Gasteiger partial charge in [-0.3, -0.25) is 0 Å². The van der Waals surface area contributed by atoms with Crippen LogP contribution < -0.4 is 5.32 Å². The number of nitrogens with one attached hydrogen (secondary N) is 2. The Morgan fingerprint density at radius 1 is 1.29 bits per heavy atom. The van der Waals surface area contributed by atoms with Gasteiger partial charge in [0.15, 0.2) is 5.65 Å². The zero-order valence-corrected chi connectivity index (χ0v) is 12.7. The molecule has 0 spiro atoms. The van der Waals surface area contributed by atoms with Crippen molar-refractivity contribution in [3.8, 4) is 11.1 Å². The second-order valence-electron chi connectivity index (χ2n) is 5.56. The summed E-state index contributed by atoms with van der Waals surface area (Å²) in [6.07, 6.45) is 6.75. The fraction of sp³-hybridized carbons (Fsp3) is 0.200. The van der Waals surface area contributed by atoms with Gasteiger partial charge >= 0.3 is 0 Å². The van der Waals surface area contributed by atoms with Crippen molar-refractivity contribution in [1.29, 1.82) is 0 Å². The number of aromatic nitrogens is 6. The number of hydrogen-bond acceptors (Lipinski definition) is 5. The molecule has 0 saturated carbocycles. The Hall–Kier alpha value is -3.10. The Balaban J connectivity index is 1.69.